The van der Waals surface area contributed by atoms with E-state index in [1.54, 1.807) is 0 Å². The van der Waals surface area contributed by atoms with E-state index in [9.17, 15) is 0 Å². The van der Waals surface area contributed by atoms with Gasteiger partial charge in [0, 0.05) is 10.9 Å². The molecule has 0 bridgehead atoms. The summed E-state index contributed by atoms with van der Waals surface area (Å²) in [7, 11) is 0. The maximum atomic E-state index is 5.81. The second-order valence-electron chi connectivity index (χ2n) is 4.42. The van der Waals surface area contributed by atoms with E-state index in [2.05, 4.69) is 35.8 Å². The molecular formula is C13H16BrNO. The van der Waals surface area contributed by atoms with Gasteiger partial charge in [-0.3, -0.25) is 0 Å². The lowest BCUT2D eigenvalue weighted by molar-refractivity contribution is 0.534. The topological polar surface area (TPSA) is 39.2 Å². The minimum Gasteiger partial charge on any atom is -0.458 e. The van der Waals surface area contributed by atoms with Gasteiger partial charge in [0.05, 0.1) is 11.0 Å². The average molecular weight is 282 g/mol. The van der Waals surface area contributed by atoms with E-state index in [-0.39, 0.29) is 0 Å². The van der Waals surface area contributed by atoms with Crippen molar-refractivity contribution in [2.24, 2.45) is 11.7 Å². The van der Waals surface area contributed by atoms with Gasteiger partial charge in [0.25, 0.3) is 0 Å². The van der Waals surface area contributed by atoms with Crippen LogP contribution in [0.15, 0.2) is 27.1 Å². The molecule has 0 saturated heterocycles. The molecule has 0 aliphatic carbocycles. The first-order chi connectivity index (χ1) is 7.63. The first kappa shape index (κ1) is 11.7. The summed E-state index contributed by atoms with van der Waals surface area (Å²) in [6.07, 6.45) is 1.01. The standard InChI is InChI=1S/C13H16BrNO/c1-8(2)6-10-9-4-3-5-11(14)13(9)16-12(10)7-15/h3-5,8H,6-7,15H2,1-2H3. The third kappa shape index (κ3) is 2.02. The van der Waals surface area contributed by atoms with Crippen LogP contribution in [0.4, 0.5) is 0 Å². The lowest BCUT2D eigenvalue weighted by atomic mass is 10.00. The van der Waals surface area contributed by atoms with Crippen LogP contribution in [0.5, 0.6) is 0 Å². The second-order valence-corrected chi connectivity index (χ2v) is 5.28. The normalized spacial score (nSPS) is 11.6. The molecule has 0 spiro atoms. The molecule has 2 N–H and O–H groups in total. The Kier molecular flexibility index (Phi) is 3.36. The van der Waals surface area contributed by atoms with Gasteiger partial charge in [-0.05, 0) is 34.3 Å². The Morgan fingerprint density at radius 3 is 2.75 bits per heavy atom. The van der Waals surface area contributed by atoms with E-state index >= 15 is 0 Å². The number of hydrogen-bond donors (Lipinski definition) is 1. The first-order valence-electron chi connectivity index (χ1n) is 5.52. The zero-order chi connectivity index (χ0) is 11.7. The molecule has 0 fully saturated rings. The van der Waals surface area contributed by atoms with Crippen molar-refractivity contribution in [2.45, 2.75) is 26.8 Å². The highest BCUT2D eigenvalue weighted by molar-refractivity contribution is 9.10. The Morgan fingerprint density at radius 2 is 2.12 bits per heavy atom. The van der Waals surface area contributed by atoms with Gasteiger partial charge in [0.2, 0.25) is 0 Å². The second kappa shape index (κ2) is 4.60. The summed E-state index contributed by atoms with van der Waals surface area (Å²) in [6, 6.07) is 6.12. The molecule has 0 aliphatic rings. The minimum atomic E-state index is 0.461. The number of halogens is 1. The summed E-state index contributed by atoms with van der Waals surface area (Å²) in [5, 5.41) is 1.18. The minimum absolute atomic E-state index is 0.461. The quantitative estimate of drug-likeness (QED) is 0.928. The molecular weight excluding hydrogens is 266 g/mol. The van der Waals surface area contributed by atoms with Crippen LogP contribution in [0, 0.1) is 5.92 Å². The molecule has 3 heteroatoms. The highest BCUT2D eigenvalue weighted by Gasteiger charge is 2.15. The number of para-hydroxylation sites is 1. The van der Waals surface area contributed by atoms with Crippen LogP contribution in [0.3, 0.4) is 0 Å². The molecule has 2 aromatic rings. The van der Waals surface area contributed by atoms with Crippen LogP contribution < -0.4 is 5.73 Å². The van der Waals surface area contributed by atoms with Gasteiger partial charge in [-0.25, -0.2) is 0 Å². The van der Waals surface area contributed by atoms with Crippen molar-refractivity contribution in [1.82, 2.24) is 0 Å². The van der Waals surface area contributed by atoms with E-state index in [0.29, 0.717) is 12.5 Å². The molecule has 0 radical (unpaired) electrons. The molecule has 16 heavy (non-hydrogen) atoms. The predicted molar refractivity (Wildman–Crippen MR) is 70.3 cm³/mol. The predicted octanol–water partition coefficient (Wildman–Crippen LogP) is 3.85. The molecule has 1 aromatic heterocycles. The number of fused-ring (bicyclic) bond motifs is 1. The van der Waals surface area contributed by atoms with Crippen molar-refractivity contribution in [3.63, 3.8) is 0 Å². The van der Waals surface area contributed by atoms with Crippen LogP contribution in [0.25, 0.3) is 11.0 Å². The summed E-state index contributed by atoms with van der Waals surface area (Å²) < 4.78 is 6.80. The molecule has 0 atom stereocenters. The Balaban J connectivity index is 2.64. The maximum absolute atomic E-state index is 5.81. The summed E-state index contributed by atoms with van der Waals surface area (Å²) in [5.74, 6) is 1.51. The van der Waals surface area contributed by atoms with E-state index in [0.717, 1.165) is 22.2 Å². The van der Waals surface area contributed by atoms with Gasteiger partial charge in [-0.15, -0.1) is 0 Å². The van der Waals surface area contributed by atoms with Crippen LogP contribution in [0.2, 0.25) is 0 Å². The van der Waals surface area contributed by atoms with Crippen molar-refractivity contribution >= 4 is 26.9 Å². The van der Waals surface area contributed by atoms with Gasteiger partial charge in [0.15, 0.2) is 0 Å². The Bertz CT molecular complexity index is 502. The van der Waals surface area contributed by atoms with Crippen LogP contribution >= 0.6 is 15.9 Å². The molecule has 0 aliphatic heterocycles. The maximum Gasteiger partial charge on any atom is 0.148 e. The van der Waals surface area contributed by atoms with Gasteiger partial charge >= 0.3 is 0 Å². The number of furan rings is 1. The van der Waals surface area contributed by atoms with Crippen molar-refractivity contribution in [3.05, 3.63) is 34.0 Å². The van der Waals surface area contributed by atoms with Gasteiger partial charge in [-0.1, -0.05) is 26.0 Å². The lowest BCUT2D eigenvalue weighted by Gasteiger charge is -2.04. The van der Waals surface area contributed by atoms with E-state index < -0.39 is 0 Å². The van der Waals surface area contributed by atoms with Crippen LogP contribution in [0.1, 0.15) is 25.2 Å². The highest BCUT2D eigenvalue weighted by atomic mass is 79.9. The average Bonchev–Trinajstić information content (AvgIpc) is 2.58. The summed E-state index contributed by atoms with van der Waals surface area (Å²) in [5.41, 5.74) is 7.90. The zero-order valence-corrected chi connectivity index (χ0v) is 11.2. The van der Waals surface area contributed by atoms with Crippen LogP contribution in [-0.4, -0.2) is 0 Å². The number of nitrogens with two attached hydrogens (primary N) is 1. The summed E-state index contributed by atoms with van der Waals surface area (Å²) in [4.78, 5) is 0. The molecule has 0 unspecified atom stereocenters. The monoisotopic (exact) mass is 281 g/mol. The third-order valence-corrected chi connectivity index (χ3v) is 3.28. The Morgan fingerprint density at radius 1 is 1.38 bits per heavy atom. The van der Waals surface area contributed by atoms with Gasteiger partial charge in [-0.2, -0.15) is 0 Å². The van der Waals surface area contributed by atoms with Crippen molar-refractivity contribution in [3.8, 4) is 0 Å². The van der Waals surface area contributed by atoms with Crippen molar-refractivity contribution in [1.29, 1.82) is 0 Å². The van der Waals surface area contributed by atoms with Crippen molar-refractivity contribution < 1.29 is 4.42 Å². The zero-order valence-electron chi connectivity index (χ0n) is 9.59. The van der Waals surface area contributed by atoms with Crippen LogP contribution in [-0.2, 0) is 13.0 Å². The smallest absolute Gasteiger partial charge is 0.148 e. The van der Waals surface area contributed by atoms with E-state index in [4.69, 9.17) is 10.2 Å². The largest absolute Gasteiger partial charge is 0.458 e. The fourth-order valence-electron chi connectivity index (χ4n) is 1.98. The Labute approximate surface area is 104 Å². The lowest BCUT2D eigenvalue weighted by Crippen LogP contribution is -2.01. The van der Waals surface area contributed by atoms with Crippen molar-refractivity contribution in [2.75, 3.05) is 0 Å². The molecule has 1 aromatic carbocycles. The first-order valence-corrected chi connectivity index (χ1v) is 6.31. The fraction of sp³-hybridized carbons (Fsp3) is 0.385. The fourth-order valence-corrected chi connectivity index (χ4v) is 2.43. The molecule has 0 saturated carbocycles. The highest BCUT2D eigenvalue weighted by Crippen LogP contribution is 2.32. The van der Waals surface area contributed by atoms with E-state index in [1.165, 1.54) is 10.9 Å². The SMILES string of the molecule is CC(C)Cc1c(CN)oc2c(Br)cccc12. The van der Waals surface area contributed by atoms with E-state index in [1.807, 2.05) is 12.1 Å². The Hall–Kier alpha value is -0.800. The molecule has 0 amide bonds. The van der Waals surface area contributed by atoms with Gasteiger partial charge < -0.3 is 10.2 Å². The summed E-state index contributed by atoms with van der Waals surface area (Å²) >= 11 is 3.51. The number of benzene rings is 1. The third-order valence-electron chi connectivity index (χ3n) is 2.65. The molecule has 2 nitrogen and oxygen atoms in total. The number of hydrogen-bond acceptors (Lipinski definition) is 2. The van der Waals surface area contributed by atoms with Gasteiger partial charge in [0.1, 0.15) is 11.3 Å². The summed E-state index contributed by atoms with van der Waals surface area (Å²) in [6.45, 7) is 4.87. The molecule has 86 valence electrons. The molecule has 1 heterocycles. The molecule has 2 rings (SSSR count). The number of rotatable bonds is 3.